The molecule has 2 aromatic carbocycles. The van der Waals surface area contributed by atoms with Gasteiger partial charge in [-0.1, -0.05) is 12.1 Å². The number of urea groups is 1. The molecule has 2 rings (SSSR count). The molecule has 0 heterocycles. The predicted octanol–water partition coefficient (Wildman–Crippen LogP) is 3.66. The minimum atomic E-state index is -1.26. The van der Waals surface area contributed by atoms with Gasteiger partial charge < -0.3 is 15.7 Å². The third-order valence-corrected chi connectivity index (χ3v) is 3.49. The van der Waals surface area contributed by atoms with Crippen LogP contribution in [-0.4, -0.2) is 17.2 Å². The number of rotatable bonds is 4. The number of carbonyl (C=O) groups excluding carboxylic acids is 1. The molecule has 0 spiro atoms. The Morgan fingerprint density at radius 2 is 1.75 bits per heavy atom. The van der Waals surface area contributed by atoms with Gasteiger partial charge in [-0.2, -0.15) is 0 Å². The third-order valence-electron chi connectivity index (χ3n) is 3.49. The van der Waals surface area contributed by atoms with Crippen molar-refractivity contribution >= 4 is 11.7 Å². The molecule has 2 unspecified atom stereocenters. The van der Waals surface area contributed by atoms with Gasteiger partial charge in [0, 0.05) is 0 Å². The number of aryl methyl sites for hydroxylation is 1. The van der Waals surface area contributed by atoms with E-state index in [4.69, 9.17) is 0 Å². The number of hydrogen-bond donors (Lipinski definition) is 3. The van der Waals surface area contributed by atoms with Crippen molar-refractivity contribution in [1.29, 1.82) is 0 Å². The van der Waals surface area contributed by atoms with Crippen LogP contribution in [0.5, 0.6) is 0 Å². The molecule has 0 radical (unpaired) electrons. The first-order valence-corrected chi connectivity index (χ1v) is 7.24. The van der Waals surface area contributed by atoms with Crippen LogP contribution in [0.1, 0.15) is 24.2 Å². The van der Waals surface area contributed by atoms with E-state index in [2.05, 4.69) is 10.6 Å². The maximum Gasteiger partial charge on any atom is 0.319 e. The summed E-state index contributed by atoms with van der Waals surface area (Å²) in [5.74, 6) is -2.71. The maximum atomic E-state index is 13.7. The van der Waals surface area contributed by atoms with Crippen LogP contribution in [0.4, 0.5) is 23.7 Å². The van der Waals surface area contributed by atoms with E-state index < -0.39 is 35.6 Å². The number of carbonyl (C=O) groups is 1. The molecular formula is C17H17F3N2O2. The number of aliphatic hydroxyl groups is 1. The highest BCUT2D eigenvalue weighted by Crippen LogP contribution is 2.20. The summed E-state index contributed by atoms with van der Waals surface area (Å²) in [7, 11) is 0. The van der Waals surface area contributed by atoms with Crippen LogP contribution in [-0.2, 0) is 0 Å². The lowest BCUT2D eigenvalue weighted by molar-refractivity contribution is 0.138. The van der Waals surface area contributed by atoms with Crippen LogP contribution in [0.15, 0.2) is 36.4 Å². The monoisotopic (exact) mass is 338 g/mol. The van der Waals surface area contributed by atoms with Crippen molar-refractivity contribution in [1.82, 2.24) is 5.32 Å². The van der Waals surface area contributed by atoms with Gasteiger partial charge in [0.05, 0.1) is 17.8 Å². The highest BCUT2D eigenvalue weighted by molar-refractivity contribution is 5.89. The van der Waals surface area contributed by atoms with E-state index in [-0.39, 0.29) is 11.3 Å². The zero-order valence-electron chi connectivity index (χ0n) is 13.1. The second-order valence-corrected chi connectivity index (χ2v) is 5.49. The fourth-order valence-electron chi connectivity index (χ4n) is 2.15. The number of aliphatic hydroxyl groups excluding tert-OH is 1. The maximum absolute atomic E-state index is 13.7. The van der Waals surface area contributed by atoms with Crippen LogP contribution in [0, 0.1) is 24.4 Å². The quantitative estimate of drug-likeness (QED) is 0.797. The molecule has 0 aliphatic heterocycles. The molecule has 0 fully saturated rings. The van der Waals surface area contributed by atoms with E-state index in [0.29, 0.717) is 5.56 Å². The molecular weight excluding hydrogens is 321 g/mol. The van der Waals surface area contributed by atoms with Crippen LogP contribution >= 0.6 is 0 Å². The van der Waals surface area contributed by atoms with Crippen molar-refractivity contribution < 1.29 is 23.1 Å². The number of hydrogen-bond acceptors (Lipinski definition) is 2. The van der Waals surface area contributed by atoms with Gasteiger partial charge >= 0.3 is 6.03 Å². The molecule has 0 aliphatic rings. The van der Waals surface area contributed by atoms with Crippen molar-refractivity contribution in [2.45, 2.75) is 26.0 Å². The lowest BCUT2D eigenvalue weighted by Gasteiger charge is -2.21. The Labute approximate surface area is 137 Å². The van der Waals surface area contributed by atoms with Gasteiger partial charge in [-0.3, -0.25) is 0 Å². The normalized spacial score (nSPS) is 13.2. The van der Waals surface area contributed by atoms with Crippen molar-refractivity contribution in [2.24, 2.45) is 0 Å². The Morgan fingerprint density at radius 3 is 2.38 bits per heavy atom. The molecule has 0 saturated heterocycles. The first-order valence-electron chi connectivity index (χ1n) is 7.24. The fraction of sp³-hybridized carbons (Fsp3) is 0.235. The largest absolute Gasteiger partial charge is 0.386 e. The lowest BCUT2D eigenvalue weighted by Crippen LogP contribution is -2.39. The minimum absolute atomic E-state index is 0.00684. The average molecular weight is 338 g/mol. The second kappa shape index (κ2) is 7.35. The smallest absolute Gasteiger partial charge is 0.319 e. The molecule has 3 N–H and O–H groups in total. The summed E-state index contributed by atoms with van der Waals surface area (Å²) in [6.07, 6.45) is -1.26. The third kappa shape index (κ3) is 4.26. The topological polar surface area (TPSA) is 61.4 Å². The number of nitrogens with one attached hydrogen (secondary N) is 2. The van der Waals surface area contributed by atoms with E-state index in [0.717, 1.165) is 12.1 Å². The van der Waals surface area contributed by atoms with Gasteiger partial charge in [0.1, 0.15) is 5.82 Å². The van der Waals surface area contributed by atoms with Gasteiger partial charge in [0.15, 0.2) is 11.6 Å². The Bertz CT molecular complexity index is 753. The van der Waals surface area contributed by atoms with E-state index in [1.54, 1.807) is 13.0 Å². The van der Waals surface area contributed by atoms with Crippen molar-refractivity contribution in [3.63, 3.8) is 0 Å². The Balaban J connectivity index is 2.01. The molecule has 2 atom stereocenters. The van der Waals surface area contributed by atoms with Crippen LogP contribution in [0.25, 0.3) is 0 Å². The van der Waals surface area contributed by atoms with E-state index in [1.807, 2.05) is 0 Å². The molecule has 0 aliphatic carbocycles. The molecule has 4 nitrogen and oxygen atoms in total. The summed E-state index contributed by atoms with van der Waals surface area (Å²) in [6.45, 7) is 3.20. The van der Waals surface area contributed by atoms with Crippen molar-refractivity contribution in [3.8, 4) is 0 Å². The Kier molecular flexibility index (Phi) is 5.46. The summed E-state index contributed by atoms with van der Waals surface area (Å²) < 4.78 is 39.8. The van der Waals surface area contributed by atoms with Gasteiger partial charge in [0.25, 0.3) is 0 Å². The molecule has 0 saturated carbocycles. The summed E-state index contributed by atoms with van der Waals surface area (Å²) in [4.78, 5) is 11.9. The molecule has 7 heteroatoms. The van der Waals surface area contributed by atoms with E-state index in [1.165, 1.54) is 25.1 Å². The molecule has 128 valence electrons. The lowest BCUT2D eigenvalue weighted by atomic mass is 10.0. The summed E-state index contributed by atoms with van der Waals surface area (Å²) in [5.41, 5.74) is 0.816. The first-order chi connectivity index (χ1) is 11.3. The summed E-state index contributed by atoms with van der Waals surface area (Å²) in [5, 5.41) is 14.8. The van der Waals surface area contributed by atoms with Crippen LogP contribution in [0.2, 0.25) is 0 Å². The highest BCUT2D eigenvalue weighted by Gasteiger charge is 2.20. The van der Waals surface area contributed by atoms with Gasteiger partial charge in [-0.15, -0.1) is 0 Å². The molecule has 2 aromatic rings. The zero-order chi connectivity index (χ0) is 17.9. The van der Waals surface area contributed by atoms with Gasteiger partial charge in [0.2, 0.25) is 0 Å². The standard InChI is InChI=1S/C17H17F3N2O2/c1-9-3-6-15(14(20)7-9)22-17(24)21-10(2)16(23)11-4-5-12(18)13(19)8-11/h3-8,10,16,23H,1-2H3,(H2,21,22,24). The molecule has 0 bridgehead atoms. The fourth-order valence-corrected chi connectivity index (χ4v) is 2.15. The molecule has 0 aromatic heterocycles. The van der Waals surface area contributed by atoms with E-state index in [9.17, 15) is 23.1 Å². The SMILES string of the molecule is Cc1ccc(NC(=O)NC(C)C(O)c2ccc(F)c(F)c2)c(F)c1. The number of halogens is 3. The highest BCUT2D eigenvalue weighted by atomic mass is 19.2. The van der Waals surface area contributed by atoms with Gasteiger partial charge in [-0.25, -0.2) is 18.0 Å². The first kappa shape index (κ1) is 17.8. The molecule has 24 heavy (non-hydrogen) atoms. The average Bonchev–Trinajstić information content (AvgIpc) is 2.52. The summed E-state index contributed by atoms with van der Waals surface area (Å²) >= 11 is 0. The van der Waals surface area contributed by atoms with Crippen LogP contribution < -0.4 is 10.6 Å². The van der Waals surface area contributed by atoms with Crippen molar-refractivity contribution in [2.75, 3.05) is 5.32 Å². The summed E-state index contributed by atoms with van der Waals surface area (Å²) in [6, 6.07) is 5.75. The Hall–Kier alpha value is -2.54. The molecule has 2 amide bonds. The van der Waals surface area contributed by atoms with Crippen molar-refractivity contribution in [3.05, 3.63) is 65.0 Å². The van der Waals surface area contributed by atoms with Gasteiger partial charge in [-0.05, 0) is 49.2 Å². The number of amides is 2. The Morgan fingerprint density at radius 1 is 1.04 bits per heavy atom. The number of anilines is 1. The minimum Gasteiger partial charge on any atom is -0.386 e. The van der Waals surface area contributed by atoms with Crippen LogP contribution in [0.3, 0.4) is 0 Å². The second-order valence-electron chi connectivity index (χ2n) is 5.49. The van der Waals surface area contributed by atoms with E-state index >= 15 is 0 Å². The number of benzene rings is 2. The predicted molar refractivity (Wildman–Crippen MR) is 84.1 cm³/mol. The zero-order valence-corrected chi connectivity index (χ0v) is 13.1.